The van der Waals surface area contributed by atoms with Crippen LogP contribution in [-0.2, 0) is 38.7 Å². The summed E-state index contributed by atoms with van der Waals surface area (Å²) in [6, 6.07) is 3.64. The lowest BCUT2D eigenvalue weighted by Crippen LogP contribution is -2.48. The SMILES string of the molecule is CC(C)C1(Oc2cc(C(=O)OC3C4OC(=O)C5C4OC3C5C(=O)OCCS(=O)(=O)O)ccc2F)CCCC1. The van der Waals surface area contributed by atoms with Crippen molar-refractivity contribution in [3.05, 3.63) is 29.6 Å². The van der Waals surface area contributed by atoms with E-state index in [1.807, 2.05) is 13.8 Å². The van der Waals surface area contributed by atoms with Crippen molar-refractivity contribution in [2.24, 2.45) is 17.8 Å². The fourth-order valence-electron chi connectivity index (χ4n) is 5.97. The average Bonchev–Trinajstić information content (AvgIpc) is 3.58. The van der Waals surface area contributed by atoms with Crippen LogP contribution >= 0.6 is 0 Å². The molecule has 4 aliphatic rings. The van der Waals surface area contributed by atoms with Crippen molar-refractivity contribution in [1.29, 1.82) is 0 Å². The molecule has 3 heterocycles. The maximum atomic E-state index is 14.7. The lowest BCUT2D eigenvalue weighted by Gasteiger charge is -2.34. The van der Waals surface area contributed by atoms with Gasteiger partial charge in [-0.25, -0.2) is 9.18 Å². The summed E-state index contributed by atoms with van der Waals surface area (Å²) in [6.45, 7) is 3.39. The molecule has 1 N–H and O–H groups in total. The van der Waals surface area contributed by atoms with Crippen LogP contribution in [0.5, 0.6) is 5.75 Å². The predicted octanol–water partition coefficient (Wildman–Crippen LogP) is 2.07. The number of fused-ring (bicyclic) bond motifs is 1. The van der Waals surface area contributed by atoms with Gasteiger partial charge in [-0.05, 0) is 49.8 Å². The summed E-state index contributed by atoms with van der Waals surface area (Å²) in [5, 5.41) is 0. The largest absolute Gasteiger partial charge is 0.484 e. The maximum absolute atomic E-state index is 14.7. The average molecular weight is 557 g/mol. The molecule has 2 bridgehead atoms. The molecule has 0 amide bonds. The summed E-state index contributed by atoms with van der Waals surface area (Å²) >= 11 is 0. The summed E-state index contributed by atoms with van der Waals surface area (Å²) in [7, 11) is -4.36. The van der Waals surface area contributed by atoms with Crippen molar-refractivity contribution in [2.75, 3.05) is 12.4 Å². The Labute approximate surface area is 218 Å². The number of rotatable bonds is 9. The molecule has 11 nitrogen and oxygen atoms in total. The molecule has 0 radical (unpaired) electrons. The zero-order valence-corrected chi connectivity index (χ0v) is 21.6. The summed E-state index contributed by atoms with van der Waals surface area (Å²) in [5.74, 6) is -6.03. The van der Waals surface area contributed by atoms with Gasteiger partial charge in [-0.3, -0.25) is 14.1 Å². The Morgan fingerprint density at radius 2 is 1.89 bits per heavy atom. The molecule has 4 fully saturated rings. The third-order valence-electron chi connectivity index (χ3n) is 7.99. The van der Waals surface area contributed by atoms with E-state index in [1.54, 1.807) is 0 Å². The third kappa shape index (κ3) is 4.75. The smallest absolute Gasteiger partial charge is 0.338 e. The Bertz CT molecular complexity index is 1240. The normalized spacial score (nSPS) is 30.9. The topological polar surface area (TPSA) is 152 Å². The van der Waals surface area contributed by atoms with Gasteiger partial charge in [-0.15, -0.1) is 0 Å². The van der Waals surface area contributed by atoms with E-state index in [0.29, 0.717) is 0 Å². The number of halogens is 1. The molecule has 1 saturated carbocycles. The number of ether oxygens (including phenoxy) is 5. The lowest BCUT2D eigenvalue weighted by atomic mass is 9.78. The second-order valence-electron chi connectivity index (χ2n) is 10.5. The van der Waals surface area contributed by atoms with Gasteiger partial charge in [0.1, 0.15) is 42.0 Å². The molecule has 1 aromatic carbocycles. The Hall–Kier alpha value is -2.77. The van der Waals surface area contributed by atoms with E-state index >= 15 is 0 Å². The quantitative estimate of drug-likeness (QED) is 0.270. The fourth-order valence-corrected chi connectivity index (χ4v) is 6.27. The molecule has 3 saturated heterocycles. The lowest BCUT2D eigenvalue weighted by molar-refractivity contribution is -0.155. The minimum atomic E-state index is -4.36. The second kappa shape index (κ2) is 9.76. The van der Waals surface area contributed by atoms with Crippen molar-refractivity contribution in [2.45, 2.75) is 69.5 Å². The molecule has 3 aliphatic heterocycles. The van der Waals surface area contributed by atoms with Crippen LogP contribution in [0.25, 0.3) is 0 Å². The third-order valence-corrected chi connectivity index (χ3v) is 8.67. The molecular weight excluding hydrogens is 527 g/mol. The Balaban J connectivity index is 1.31. The highest BCUT2D eigenvalue weighted by molar-refractivity contribution is 7.85. The van der Waals surface area contributed by atoms with Crippen LogP contribution in [0.4, 0.5) is 4.39 Å². The van der Waals surface area contributed by atoms with Crippen LogP contribution < -0.4 is 4.74 Å². The Morgan fingerprint density at radius 3 is 2.55 bits per heavy atom. The van der Waals surface area contributed by atoms with Gasteiger partial charge in [0.2, 0.25) is 0 Å². The van der Waals surface area contributed by atoms with Crippen molar-refractivity contribution < 1.29 is 55.4 Å². The number of esters is 3. The van der Waals surface area contributed by atoms with Crippen LogP contribution in [0.15, 0.2) is 18.2 Å². The zero-order chi connectivity index (χ0) is 27.4. The first-order chi connectivity index (χ1) is 17.9. The molecule has 1 aliphatic carbocycles. The summed E-state index contributed by atoms with van der Waals surface area (Å²) < 4.78 is 73.1. The minimum Gasteiger partial charge on any atom is -0.484 e. The molecule has 0 aromatic heterocycles. The molecule has 13 heteroatoms. The first-order valence-corrected chi connectivity index (χ1v) is 14.2. The predicted molar refractivity (Wildman–Crippen MR) is 125 cm³/mol. The molecule has 6 unspecified atom stereocenters. The van der Waals surface area contributed by atoms with Crippen LogP contribution in [0.3, 0.4) is 0 Å². The molecular formula is C25H29FO11S. The number of hydrogen-bond acceptors (Lipinski definition) is 10. The summed E-state index contributed by atoms with van der Waals surface area (Å²) in [5.41, 5.74) is -0.521. The fraction of sp³-hybridized carbons (Fsp3) is 0.640. The van der Waals surface area contributed by atoms with Gasteiger partial charge >= 0.3 is 17.9 Å². The number of carbonyl (C=O) groups is 3. The zero-order valence-electron chi connectivity index (χ0n) is 20.8. The van der Waals surface area contributed by atoms with Crippen molar-refractivity contribution >= 4 is 28.0 Å². The van der Waals surface area contributed by atoms with Crippen molar-refractivity contribution in [3.63, 3.8) is 0 Å². The van der Waals surface area contributed by atoms with Gasteiger partial charge in [-0.2, -0.15) is 8.42 Å². The van der Waals surface area contributed by atoms with E-state index in [4.69, 9.17) is 28.2 Å². The number of carbonyl (C=O) groups excluding carboxylic acids is 3. The molecule has 38 heavy (non-hydrogen) atoms. The summed E-state index contributed by atoms with van der Waals surface area (Å²) in [4.78, 5) is 38.2. The molecule has 1 aromatic rings. The first-order valence-electron chi connectivity index (χ1n) is 12.6. The van der Waals surface area contributed by atoms with E-state index < -0.39 is 88.1 Å². The van der Waals surface area contributed by atoms with Crippen LogP contribution in [0.2, 0.25) is 0 Å². The second-order valence-corrected chi connectivity index (χ2v) is 12.1. The van der Waals surface area contributed by atoms with E-state index in [9.17, 15) is 27.2 Å². The first kappa shape index (κ1) is 26.8. The summed E-state index contributed by atoms with van der Waals surface area (Å²) in [6.07, 6.45) is -0.498. The standard InChI is InChI=1S/C25H29FO11S/c1-12(2)25(7-3-4-8-25)37-15-11-13(5-6-14(15)26)22(27)35-20-18-16(23(28)33-9-10-38(30,31)32)17-19(34-18)21(20)36-24(17)29/h5-6,11-12,16-21H,3-4,7-10H2,1-2H3,(H,30,31,32). The molecule has 5 rings (SSSR count). The highest BCUT2D eigenvalue weighted by atomic mass is 32.2. The van der Waals surface area contributed by atoms with Crippen LogP contribution in [-0.4, -0.2) is 73.3 Å². The van der Waals surface area contributed by atoms with E-state index in [0.717, 1.165) is 31.7 Å². The maximum Gasteiger partial charge on any atom is 0.338 e. The van der Waals surface area contributed by atoms with Gasteiger partial charge in [0, 0.05) is 0 Å². The van der Waals surface area contributed by atoms with Gasteiger partial charge in [0.15, 0.2) is 23.8 Å². The highest BCUT2D eigenvalue weighted by Crippen LogP contribution is 2.51. The molecule has 6 atom stereocenters. The van der Waals surface area contributed by atoms with Crippen molar-refractivity contribution in [3.8, 4) is 5.75 Å². The van der Waals surface area contributed by atoms with Crippen molar-refractivity contribution in [1.82, 2.24) is 0 Å². The van der Waals surface area contributed by atoms with E-state index in [2.05, 4.69) is 0 Å². The Morgan fingerprint density at radius 1 is 1.18 bits per heavy atom. The minimum absolute atomic E-state index is 0.00855. The van der Waals surface area contributed by atoms with E-state index in [1.165, 1.54) is 12.1 Å². The van der Waals surface area contributed by atoms with E-state index in [-0.39, 0.29) is 17.2 Å². The van der Waals surface area contributed by atoms with Gasteiger partial charge in [0.05, 0.1) is 5.56 Å². The monoisotopic (exact) mass is 556 g/mol. The molecule has 208 valence electrons. The van der Waals surface area contributed by atoms with Gasteiger partial charge in [0.25, 0.3) is 10.1 Å². The molecule has 0 spiro atoms. The van der Waals surface area contributed by atoms with Gasteiger partial charge in [-0.1, -0.05) is 13.8 Å². The number of hydrogen-bond donors (Lipinski definition) is 1. The van der Waals surface area contributed by atoms with Crippen LogP contribution in [0.1, 0.15) is 49.9 Å². The number of benzene rings is 1. The highest BCUT2D eigenvalue weighted by Gasteiger charge is 2.72. The van der Waals surface area contributed by atoms with Crippen LogP contribution in [0, 0.1) is 23.6 Å². The van der Waals surface area contributed by atoms with Gasteiger partial charge < -0.3 is 23.7 Å². The Kier molecular flexibility index (Phi) is 6.89.